The zero-order valence-corrected chi connectivity index (χ0v) is 20.4. The summed E-state index contributed by atoms with van der Waals surface area (Å²) >= 11 is 0. The number of amides is 1. The Kier molecular flexibility index (Phi) is 6.40. The van der Waals surface area contributed by atoms with Crippen molar-refractivity contribution in [2.75, 3.05) is 24.5 Å². The molecule has 6 nitrogen and oxygen atoms in total. The minimum atomic E-state index is -0.932. The lowest BCUT2D eigenvalue weighted by Gasteiger charge is -2.27. The van der Waals surface area contributed by atoms with E-state index < -0.39 is 17.7 Å². The number of aromatic nitrogens is 2. The van der Waals surface area contributed by atoms with Crippen molar-refractivity contribution in [1.29, 1.82) is 0 Å². The Morgan fingerprint density at radius 2 is 1.97 bits per heavy atom. The van der Waals surface area contributed by atoms with Crippen LogP contribution in [-0.2, 0) is 0 Å². The van der Waals surface area contributed by atoms with Crippen LogP contribution < -0.4 is 15.5 Å². The van der Waals surface area contributed by atoms with Crippen LogP contribution in [0.15, 0.2) is 30.5 Å². The molecule has 1 amide bonds. The van der Waals surface area contributed by atoms with E-state index in [9.17, 15) is 13.6 Å². The van der Waals surface area contributed by atoms with Crippen LogP contribution >= 0.6 is 0 Å². The molecule has 2 atom stereocenters. The molecule has 0 unspecified atom stereocenters. The second-order valence-corrected chi connectivity index (χ2v) is 9.84. The highest BCUT2D eigenvalue weighted by molar-refractivity contribution is 6.08. The molecular weight excluding hydrogens is 448 g/mol. The smallest absolute Gasteiger partial charge is 0.255 e. The summed E-state index contributed by atoms with van der Waals surface area (Å²) in [6.07, 6.45) is 4.83. The second kappa shape index (κ2) is 9.49. The number of aryl methyl sites for hydroxylation is 1. The first-order valence-corrected chi connectivity index (χ1v) is 12.4. The monoisotopic (exact) mass is 479 g/mol. The van der Waals surface area contributed by atoms with Crippen LogP contribution in [0.4, 0.5) is 14.5 Å². The molecule has 3 heterocycles. The number of nitrogens with one attached hydrogen (secondary N) is 2. The number of nitrogens with zero attached hydrogens (tertiary/aromatic N) is 3. The zero-order valence-electron chi connectivity index (χ0n) is 20.4. The van der Waals surface area contributed by atoms with Gasteiger partial charge in [-0.15, -0.1) is 0 Å². The number of fused-ring (bicyclic) bond motifs is 1. The molecule has 0 radical (unpaired) electrons. The number of carbonyl (C=O) groups excluding carboxylic acids is 1. The molecule has 1 saturated carbocycles. The van der Waals surface area contributed by atoms with E-state index in [0.29, 0.717) is 23.1 Å². The molecule has 5 rings (SSSR count). The van der Waals surface area contributed by atoms with Gasteiger partial charge in [-0.3, -0.25) is 14.8 Å². The average molecular weight is 480 g/mol. The van der Waals surface area contributed by atoms with Gasteiger partial charge in [-0.05, 0) is 63.8 Å². The third kappa shape index (κ3) is 4.85. The van der Waals surface area contributed by atoms with E-state index in [1.54, 1.807) is 13.1 Å². The van der Waals surface area contributed by atoms with Gasteiger partial charge in [0.15, 0.2) is 11.6 Å². The van der Waals surface area contributed by atoms with Gasteiger partial charge in [-0.2, -0.15) is 0 Å². The molecule has 2 aliphatic rings. The highest BCUT2D eigenvalue weighted by Crippen LogP contribution is 2.43. The quantitative estimate of drug-likeness (QED) is 0.552. The first kappa shape index (κ1) is 23.6. The SMILES string of the molecule is Cc1cc2c(N3CCN[C@@H](C)CC3)c(C(=O)N[C@@H](C)c3ccc(F)c(F)c3)cnc2c(C2CC2)n1. The normalized spacial score (nSPS) is 19.5. The van der Waals surface area contributed by atoms with Gasteiger partial charge in [-0.25, -0.2) is 8.78 Å². The lowest BCUT2D eigenvalue weighted by molar-refractivity contribution is 0.0940. The summed E-state index contributed by atoms with van der Waals surface area (Å²) < 4.78 is 27.2. The Hall–Kier alpha value is -3.13. The summed E-state index contributed by atoms with van der Waals surface area (Å²) in [5.74, 6) is -1.71. The molecule has 1 aliphatic carbocycles. The fourth-order valence-electron chi connectivity index (χ4n) is 4.86. The molecule has 184 valence electrons. The first-order chi connectivity index (χ1) is 16.8. The van der Waals surface area contributed by atoms with Crippen molar-refractivity contribution in [3.8, 4) is 0 Å². The molecule has 1 saturated heterocycles. The van der Waals surface area contributed by atoms with Gasteiger partial charge in [0.1, 0.15) is 0 Å². The van der Waals surface area contributed by atoms with Crippen LogP contribution in [0.2, 0.25) is 0 Å². The summed E-state index contributed by atoms with van der Waals surface area (Å²) in [4.78, 5) is 25.4. The van der Waals surface area contributed by atoms with Crippen molar-refractivity contribution in [1.82, 2.24) is 20.6 Å². The predicted molar refractivity (Wildman–Crippen MR) is 133 cm³/mol. The van der Waals surface area contributed by atoms with E-state index >= 15 is 0 Å². The van der Waals surface area contributed by atoms with Gasteiger partial charge in [0.25, 0.3) is 5.91 Å². The molecule has 1 aromatic carbocycles. The topological polar surface area (TPSA) is 70.2 Å². The van der Waals surface area contributed by atoms with E-state index in [1.807, 2.05) is 13.0 Å². The molecular formula is C27H31F2N5O. The molecule has 1 aliphatic heterocycles. The Morgan fingerprint density at radius 3 is 2.71 bits per heavy atom. The number of pyridine rings is 2. The minimum absolute atomic E-state index is 0.292. The number of hydrogen-bond donors (Lipinski definition) is 2. The van der Waals surface area contributed by atoms with E-state index in [-0.39, 0.29) is 5.91 Å². The predicted octanol–water partition coefficient (Wildman–Crippen LogP) is 4.77. The summed E-state index contributed by atoms with van der Waals surface area (Å²) in [6, 6.07) is 5.61. The minimum Gasteiger partial charge on any atom is -0.369 e. The summed E-state index contributed by atoms with van der Waals surface area (Å²) in [7, 11) is 0. The maximum Gasteiger partial charge on any atom is 0.255 e. The highest BCUT2D eigenvalue weighted by atomic mass is 19.2. The Morgan fingerprint density at radius 1 is 1.17 bits per heavy atom. The van der Waals surface area contributed by atoms with Gasteiger partial charge in [0, 0.05) is 48.9 Å². The van der Waals surface area contributed by atoms with Crippen molar-refractivity contribution >= 4 is 22.5 Å². The van der Waals surface area contributed by atoms with Crippen LogP contribution in [0.5, 0.6) is 0 Å². The second-order valence-electron chi connectivity index (χ2n) is 9.84. The van der Waals surface area contributed by atoms with Gasteiger partial charge in [0.05, 0.1) is 28.5 Å². The molecule has 3 aromatic rings. The largest absolute Gasteiger partial charge is 0.369 e. The third-order valence-corrected chi connectivity index (χ3v) is 7.00. The molecule has 0 bridgehead atoms. The van der Waals surface area contributed by atoms with E-state index in [1.165, 1.54) is 6.07 Å². The molecule has 35 heavy (non-hydrogen) atoms. The first-order valence-electron chi connectivity index (χ1n) is 12.4. The van der Waals surface area contributed by atoms with Crippen LogP contribution in [0.3, 0.4) is 0 Å². The Bertz CT molecular complexity index is 1280. The van der Waals surface area contributed by atoms with Crippen molar-refractivity contribution in [2.24, 2.45) is 0 Å². The van der Waals surface area contributed by atoms with Gasteiger partial charge < -0.3 is 15.5 Å². The Labute approximate surface area is 204 Å². The number of anilines is 1. The molecule has 8 heteroatoms. The lowest BCUT2D eigenvalue weighted by atomic mass is 10.0. The van der Waals surface area contributed by atoms with Crippen LogP contribution in [0.1, 0.15) is 72.4 Å². The van der Waals surface area contributed by atoms with Crippen LogP contribution in [-0.4, -0.2) is 41.6 Å². The number of halogens is 2. The standard InChI is InChI=1S/C27H31F2N5O/c1-15-8-10-34(11-9-30-15)26-20-12-16(2)32-24(18-4-5-18)25(20)31-14-21(26)27(35)33-17(3)19-6-7-22(28)23(29)13-19/h6-7,12-15,17-18,30H,4-5,8-11H2,1-3H3,(H,33,35)/t15-,17-/m0/s1. The zero-order chi connectivity index (χ0) is 24.7. The van der Waals surface area contributed by atoms with Crippen LogP contribution in [0, 0.1) is 18.6 Å². The fraction of sp³-hybridized carbons (Fsp3) is 0.444. The molecule has 2 fully saturated rings. The van der Waals surface area contributed by atoms with Crippen LogP contribution in [0.25, 0.3) is 10.9 Å². The molecule has 0 spiro atoms. The van der Waals surface area contributed by atoms with E-state index in [4.69, 9.17) is 9.97 Å². The number of benzene rings is 1. The third-order valence-electron chi connectivity index (χ3n) is 7.00. The van der Waals surface area contributed by atoms with Gasteiger partial charge in [0.2, 0.25) is 0 Å². The fourth-order valence-corrected chi connectivity index (χ4v) is 4.86. The summed E-state index contributed by atoms with van der Waals surface area (Å²) in [5, 5.41) is 7.43. The highest BCUT2D eigenvalue weighted by Gasteiger charge is 2.31. The number of rotatable bonds is 5. The molecule has 2 N–H and O–H groups in total. The van der Waals surface area contributed by atoms with E-state index in [0.717, 1.165) is 79.0 Å². The van der Waals surface area contributed by atoms with E-state index in [2.05, 4.69) is 22.5 Å². The Balaban J connectivity index is 1.57. The number of carbonyl (C=O) groups is 1. The summed E-state index contributed by atoms with van der Waals surface area (Å²) in [5.41, 5.74) is 4.64. The van der Waals surface area contributed by atoms with Crippen molar-refractivity contribution in [2.45, 2.75) is 58.0 Å². The molecule has 2 aromatic heterocycles. The number of hydrogen-bond acceptors (Lipinski definition) is 5. The van der Waals surface area contributed by atoms with Gasteiger partial charge in [-0.1, -0.05) is 6.07 Å². The van der Waals surface area contributed by atoms with Gasteiger partial charge >= 0.3 is 0 Å². The van der Waals surface area contributed by atoms with Crippen molar-refractivity contribution < 1.29 is 13.6 Å². The van der Waals surface area contributed by atoms with Crippen molar-refractivity contribution in [3.63, 3.8) is 0 Å². The summed E-state index contributed by atoms with van der Waals surface area (Å²) in [6.45, 7) is 8.31. The maximum absolute atomic E-state index is 13.8. The maximum atomic E-state index is 13.8. The van der Waals surface area contributed by atoms with Crippen molar-refractivity contribution in [3.05, 3.63) is 64.6 Å². The average Bonchev–Trinajstić information content (AvgIpc) is 3.68. The lowest BCUT2D eigenvalue weighted by Crippen LogP contribution is -2.33.